The molecule has 1 saturated carbocycles. The number of ether oxygens (including phenoxy) is 1. The Morgan fingerprint density at radius 2 is 2.08 bits per heavy atom. The predicted octanol–water partition coefficient (Wildman–Crippen LogP) is 1.82. The summed E-state index contributed by atoms with van der Waals surface area (Å²) in [4.78, 5) is 0. The summed E-state index contributed by atoms with van der Waals surface area (Å²) in [6.45, 7) is 6.19. The highest BCUT2D eigenvalue weighted by Gasteiger charge is 2.45. The second kappa shape index (κ2) is 3.25. The summed E-state index contributed by atoms with van der Waals surface area (Å²) in [7, 11) is 0. The fraction of sp³-hybridized carbons (Fsp3) is 1.00. The van der Waals surface area contributed by atoms with Crippen molar-refractivity contribution in [1.29, 1.82) is 0 Å². The maximum Gasteiger partial charge on any atom is 0.0577 e. The van der Waals surface area contributed by atoms with E-state index in [9.17, 15) is 5.11 Å². The maximum absolute atomic E-state index is 9.98. The van der Waals surface area contributed by atoms with Crippen LogP contribution in [0.5, 0.6) is 0 Å². The lowest BCUT2D eigenvalue weighted by Gasteiger charge is -2.49. The predicted molar refractivity (Wildman–Crippen MR) is 51.4 cm³/mol. The molecule has 1 aliphatic heterocycles. The first-order valence-corrected chi connectivity index (χ1v) is 5.39. The van der Waals surface area contributed by atoms with Crippen LogP contribution in [0.3, 0.4) is 0 Å². The molecule has 0 radical (unpaired) electrons. The zero-order valence-corrected chi connectivity index (χ0v) is 8.62. The highest BCUT2D eigenvalue weighted by molar-refractivity contribution is 4.94. The van der Waals surface area contributed by atoms with Crippen LogP contribution in [0.1, 0.15) is 33.1 Å². The Labute approximate surface area is 80.3 Å². The van der Waals surface area contributed by atoms with Crippen molar-refractivity contribution in [1.82, 2.24) is 0 Å². The van der Waals surface area contributed by atoms with Gasteiger partial charge in [0.2, 0.25) is 0 Å². The van der Waals surface area contributed by atoms with Crippen molar-refractivity contribution >= 4 is 0 Å². The molecule has 2 nitrogen and oxygen atoms in total. The van der Waals surface area contributed by atoms with Gasteiger partial charge in [0.15, 0.2) is 0 Å². The molecule has 1 N–H and O–H groups in total. The molecule has 1 saturated heterocycles. The molecule has 0 aromatic heterocycles. The van der Waals surface area contributed by atoms with Crippen LogP contribution in [-0.4, -0.2) is 24.4 Å². The molecule has 0 amide bonds. The SMILES string of the molecule is CC(C)C1CCC2(COC2)CC1O. The highest BCUT2D eigenvalue weighted by atomic mass is 16.5. The van der Waals surface area contributed by atoms with Crippen LogP contribution in [0.15, 0.2) is 0 Å². The first-order chi connectivity index (χ1) is 6.13. The smallest absolute Gasteiger partial charge is 0.0577 e. The van der Waals surface area contributed by atoms with E-state index in [1.54, 1.807) is 0 Å². The van der Waals surface area contributed by atoms with E-state index in [1.807, 2.05) is 0 Å². The van der Waals surface area contributed by atoms with Gasteiger partial charge >= 0.3 is 0 Å². The Balaban J connectivity index is 1.95. The number of hydrogen-bond donors (Lipinski definition) is 1. The largest absolute Gasteiger partial charge is 0.393 e. The van der Waals surface area contributed by atoms with Gasteiger partial charge in [0.1, 0.15) is 0 Å². The third kappa shape index (κ3) is 1.62. The van der Waals surface area contributed by atoms with Gasteiger partial charge in [-0.2, -0.15) is 0 Å². The Morgan fingerprint density at radius 3 is 2.46 bits per heavy atom. The Hall–Kier alpha value is -0.0800. The average Bonchev–Trinajstić information content (AvgIpc) is 2.00. The minimum atomic E-state index is -0.0855. The zero-order valence-electron chi connectivity index (χ0n) is 8.62. The van der Waals surface area contributed by atoms with Crippen molar-refractivity contribution in [3.8, 4) is 0 Å². The minimum absolute atomic E-state index is 0.0855. The van der Waals surface area contributed by atoms with Crippen LogP contribution >= 0.6 is 0 Å². The standard InChI is InChI=1S/C11H20O2/c1-8(2)9-3-4-11(5-10(9)12)6-13-7-11/h8-10,12H,3-7H2,1-2H3. The van der Waals surface area contributed by atoms with Crippen LogP contribution in [-0.2, 0) is 4.74 Å². The summed E-state index contributed by atoms with van der Waals surface area (Å²) in [5.41, 5.74) is 0.366. The number of hydrogen-bond acceptors (Lipinski definition) is 2. The minimum Gasteiger partial charge on any atom is -0.393 e. The van der Waals surface area contributed by atoms with Gasteiger partial charge in [-0.25, -0.2) is 0 Å². The summed E-state index contributed by atoms with van der Waals surface area (Å²) in [5.74, 6) is 1.14. The summed E-state index contributed by atoms with van der Waals surface area (Å²) in [6, 6.07) is 0. The summed E-state index contributed by atoms with van der Waals surface area (Å²) < 4.78 is 5.25. The van der Waals surface area contributed by atoms with E-state index in [4.69, 9.17) is 4.74 Å². The molecule has 2 unspecified atom stereocenters. The lowest BCUT2D eigenvalue weighted by atomic mass is 9.65. The van der Waals surface area contributed by atoms with E-state index < -0.39 is 0 Å². The third-order valence-corrected chi connectivity index (χ3v) is 3.82. The summed E-state index contributed by atoms with van der Waals surface area (Å²) in [5, 5.41) is 9.98. The van der Waals surface area contributed by atoms with E-state index in [2.05, 4.69) is 13.8 Å². The second-order valence-electron chi connectivity index (χ2n) is 5.21. The molecule has 13 heavy (non-hydrogen) atoms. The summed E-state index contributed by atoms with van der Waals surface area (Å²) >= 11 is 0. The second-order valence-corrected chi connectivity index (χ2v) is 5.21. The van der Waals surface area contributed by atoms with Crippen LogP contribution < -0.4 is 0 Å². The molecule has 0 bridgehead atoms. The van der Waals surface area contributed by atoms with Gasteiger partial charge in [-0.3, -0.25) is 0 Å². The summed E-state index contributed by atoms with van der Waals surface area (Å²) in [6.07, 6.45) is 3.32. The van der Waals surface area contributed by atoms with Crippen molar-refractivity contribution in [2.75, 3.05) is 13.2 Å². The van der Waals surface area contributed by atoms with Gasteiger partial charge in [-0.05, 0) is 31.1 Å². The Morgan fingerprint density at radius 1 is 1.38 bits per heavy atom. The normalized spacial score (nSPS) is 37.8. The van der Waals surface area contributed by atoms with Crippen molar-refractivity contribution < 1.29 is 9.84 Å². The van der Waals surface area contributed by atoms with E-state index in [1.165, 1.54) is 12.8 Å². The maximum atomic E-state index is 9.98. The monoisotopic (exact) mass is 184 g/mol. The van der Waals surface area contributed by atoms with Gasteiger partial charge in [-0.1, -0.05) is 13.8 Å². The quantitative estimate of drug-likeness (QED) is 0.673. The molecule has 1 spiro atoms. The molecule has 2 rings (SSSR count). The molecule has 2 atom stereocenters. The fourth-order valence-electron chi connectivity index (χ4n) is 2.79. The topological polar surface area (TPSA) is 29.5 Å². The molecule has 0 aromatic carbocycles. The number of aliphatic hydroxyl groups is 1. The molecule has 76 valence electrons. The van der Waals surface area contributed by atoms with E-state index in [0.717, 1.165) is 19.6 Å². The van der Waals surface area contributed by atoms with Crippen molar-refractivity contribution in [3.63, 3.8) is 0 Å². The van der Waals surface area contributed by atoms with Crippen molar-refractivity contribution in [2.45, 2.75) is 39.2 Å². The molecule has 2 aliphatic rings. The van der Waals surface area contributed by atoms with Crippen LogP contribution in [0.2, 0.25) is 0 Å². The zero-order chi connectivity index (χ0) is 9.47. The van der Waals surface area contributed by atoms with Gasteiger partial charge < -0.3 is 9.84 Å². The number of aliphatic hydroxyl groups excluding tert-OH is 1. The molecule has 0 aromatic rings. The molecule has 1 heterocycles. The lowest BCUT2D eigenvalue weighted by molar-refractivity contribution is -0.164. The molecular weight excluding hydrogens is 164 g/mol. The van der Waals surface area contributed by atoms with E-state index in [-0.39, 0.29) is 6.10 Å². The van der Waals surface area contributed by atoms with Gasteiger partial charge in [-0.15, -0.1) is 0 Å². The molecule has 1 aliphatic carbocycles. The fourth-order valence-corrected chi connectivity index (χ4v) is 2.79. The Bertz CT molecular complexity index is 185. The molecule has 2 heteroatoms. The van der Waals surface area contributed by atoms with Gasteiger partial charge in [0, 0.05) is 5.41 Å². The first-order valence-electron chi connectivity index (χ1n) is 5.39. The van der Waals surface area contributed by atoms with E-state index >= 15 is 0 Å². The average molecular weight is 184 g/mol. The first kappa shape index (κ1) is 9.47. The molecular formula is C11H20O2. The number of rotatable bonds is 1. The van der Waals surface area contributed by atoms with E-state index in [0.29, 0.717) is 17.3 Å². The van der Waals surface area contributed by atoms with Crippen molar-refractivity contribution in [3.05, 3.63) is 0 Å². The van der Waals surface area contributed by atoms with Crippen LogP contribution in [0, 0.1) is 17.3 Å². The Kier molecular flexibility index (Phi) is 2.37. The lowest BCUT2D eigenvalue weighted by Crippen LogP contribution is -2.50. The highest BCUT2D eigenvalue weighted by Crippen LogP contribution is 2.45. The third-order valence-electron chi connectivity index (χ3n) is 3.82. The van der Waals surface area contributed by atoms with Gasteiger partial charge in [0.05, 0.1) is 19.3 Å². The van der Waals surface area contributed by atoms with Crippen LogP contribution in [0.4, 0.5) is 0 Å². The van der Waals surface area contributed by atoms with Crippen molar-refractivity contribution in [2.24, 2.45) is 17.3 Å². The molecule has 2 fully saturated rings. The van der Waals surface area contributed by atoms with Gasteiger partial charge in [0.25, 0.3) is 0 Å². The van der Waals surface area contributed by atoms with Crippen LogP contribution in [0.25, 0.3) is 0 Å².